The predicted octanol–water partition coefficient (Wildman–Crippen LogP) is 4.48. The molecule has 1 heterocycles. The maximum absolute atomic E-state index is 2.30. The average Bonchev–Trinajstić information content (AvgIpc) is 2.55. The van der Waals surface area contributed by atoms with Gasteiger partial charge in [-0.2, -0.15) is 0 Å². The lowest BCUT2D eigenvalue weighted by Crippen LogP contribution is -2.25. The van der Waals surface area contributed by atoms with E-state index in [2.05, 4.69) is 90.7 Å². The molecule has 4 aromatic rings. The molecule has 0 radical (unpaired) electrons. The lowest BCUT2D eigenvalue weighted by molar-refractivity contribution is -0.670. The van der Waals surface area contributed by atoms with E-state index in [4.69, 9.17) is 0 Å². The van der Waals surface area contributed by atoms with Gasteiger partial charge in [-0.3, -0.25) is 0 Å². The smallest absolute Gasteiger partial charge is 0.177 e. The summed E-state index contributed by atoms with van der Waals surface area (Å²) in [4.78, 5) is 0. The summed E-state index contributed by atoms with van der Waals surface area (Å²) in [5.41, 5.74) is 2.57. The van der Waals surface area contributed by atoms with Gasteiger partial charge < -0.3 is 0 Å². The largest absolute Gasteiger partial charge is 0.207 e. The van der Waals surface area contributed by atoms with Crippen LogP contribution in [0.4, 0.5) is 0 Å². The summed E-state index contributed by atoms with van der Waals surface area (Å²) in [7, 11) is 2.07. The van der Waals surface area contributed by atoms with Crippen LogP contribution >= 0.6 is 0 Å². The highest BCUT2D eigenvalue weighted by molar-refractivity contribution is 6.13. The Kier molecular flexibility index (Phi) is 2.71. The molecule has 0 saturated carbocycles. The van der Waals surface area contributed by atoms with Gasteiger partial charge in [-0.15, -0.1) is 0 Å². The minimum absolute atomic E-state index is 1.27. The molecule has 0 amide bonds. The first kappa shape index (κ1) is 12.1. The van der Waals surface area contributed by atoms with Crippen LogP contribution in [0.25, 0.3) is 32.7 Å². The van der Waals surface area contributed by atoms with E-state index in [1.54, 1.807) is 0 Å². The van der Waals surface area contributed by atoms with E-state index in [1.165, 1.54) is 32.7 Å². The zero-order chi connectivity index (χ0) is 14.2. The molecule has 0 spiro atoms. The van der Waals surface area contributed by atoms with Gasteiger partial charge in [0.1, 0.15) is 7.05 Å². The van der Waals surface area contributed by atoms with Gasteiger partial charge in [-0.1, -0.05) is 54.6 Å². The number of aromatic nitrogens is 1. The van der Waals surface area contributed by atoms with Crippen LogP contribution < -0.4 is 4.57 Å². The molecule has 0 unspecified atom stereocenters. The van der Waals surface area contributed by atoms with E-state index in [-0.39, 0.29) is 0 Å². The Bertz CT molecular complexity index is 940. The van der Waals surface area contributed by atoms with Crippen LogP contribution in [0.3, 0.4) is 0 Å². The highest BCUT2D eigenvalue weighted by Gasteiger charge is 2.10. The Balaban J connectivity index is 2.18. The summed E-state index contributed by atoms with van der Waals surface area (Å²) in [6.07, 6.45) is 4.30. The fourth-order valence-corrected chi connectivity index (χ4v) is 3.00. The summed E-state index contributed by atoms with van der Waals surface area (Å²) in [6.45, 7) is 0. The summed E-state index contributed by atoms with van der Waals surface area (Å²) in [5, 5.41) is 5.20. The first-order valence-corrected chi connectivity index (χ1v) is 7.19. The lowest BCUT2D eigenvalue weighted by Gasteiger charge is -2.10. The normalized spacial score (nSPS) is 11.1. The molecule has 21 heavy (non-hydrogen) atoms. The minimum atomic E-state index is 1.27. The zero-order valence-electron chi connectivity index (χ0n) is 12.0. The molecule has 0 N–H and O–H groups in total. The second-order valence-corrected chi connectivity index (χ2v) is 5.45. The molecule has 0 fully saturated rings. The van der Waals surface area contributed by atoms with E-state index in [0.717, 1.165) is 0 Å². The van der Waals surface area contributed by atoms with Crippen molar-refractivity contribution in [3.8, 4) is 11.1 Å². The van der Waals surface area contributed by atoms with Crippen molar-refractivity contribution >= 4 is 21.5 Å². The SMILES string of the molecule is C[n+]1ccc2cc(-c3ccccc3)c3ccccc3c2c1. The third kappa shape index (κ3) is 1.98. The van der Waals surface area contributed by atoms with Gasteiger partial charge in [0.05, 0.1) is 5.39 Å². The Morgan fingerprint density at radius 2 is 1.43 bits per heavy atom. The van der Waals surface area contributed by atoms with E-state index in [9.17, 15) is 0 Å². The van der Waals surface area contributed by atoms with Crippen molar-refractivity contribution in [3.05, 3.63) is 79.1 Å². The van der Waals surface area contributed by atoms with Crippen molar-refractivity contribution in [3.63, 3.8) is 0 Å². The monoisotopic (exact) mass is 270 g/mol. The lowest BCUT2D eigenvalue weighted by atomic mass is 9.94. The molecular weight excluding hydrogens is 254 g/mol. The number of pyridine rings is 1. The highest BCUT2D eigenvalue weighted by Crippen LogP contribution is 2.33. The van der Waals surface area contributed by atoms with E-state index in [1.807, 2.05) is 0 Å². The average molecular weight is 270 g/mol. The molecule has 4 rings (SSSR count). The van der Waals surface area contributed by atoms with Gasteiger partial charge in [0.25, 0.3) is 0 Å². The van der Waals surface area contributed by atoms with Gasteiger partial charge in [0.2, 0.25) is 0 Å². The van der Waals surface area contributed by atoms with Gasteiger partial charge >= 0.3 is 0 Å². The number of aryl methyl sites for hydroxylation is 1. The fourth-order valence-electron chi connectivity index (χ4n) is 3.00. The third-order valence-electron chi connectivity index (χ3n) is 4.03. The predicted molar refractivity (Wildman–Crippen MR) is 88.1 cm³/mol. The van der Waals surface area contributed by atoms with Crippen LogP contribution in [-0.4, -0.2) is 0 Å². The minimum Gasteiger partial charge on any atom is -0.207 e. The van der Waals surface area contributed by atoms with Gasteiger partial charge in [-0.25, -0.2) is 4.57 Å². The number of fused-ring (bicyclic) bond motifs is 3. The van der Waals surface area contributed by atoms with Crippen LogP contribution in [0, 0.1) is 0 Å². The number of hydrogen-bond acceptors (Lipinski definition) is 0. The van der Waals surface area contributed by atoms with Crippen molar-refractivity contribution < 1.29 is 4.57 Å². The molecule has 1 heteroatoms. The Morgan fingerprint density at radius 1 is 0.714 bits per heavy atom. The summed E-state index contributed by atoms with van der Waals surface area (Å²) in [6, 6.07) is 23.8. The molecule has 0 aliphatic carbocycles. The summed E-state index contributed by atoms with van der Waals surface area (Å²) < 4.78 is 2.11. The molecule has 3 aromatic carbocycles. The Morgan fingerprint density at radius 3 is 2.24 bits per heavy atom. The van der Waals surface area contributed by atoms with Crippen molar-refractivity contribution in [2.45, 2.75) is 0 Å². The molecule has 0 aliphatic rings. The van der Waals surface area contributed by atoms with Crippen LogP contribution in [0.15, 0.2) is 79.1 Å². The summed E-state index contributed by atoms with van der Waals surface area (Å²) >= 11 is 0. The van der Waals surface area contributed by atoms with Gasteiger partial charge in [-0.05, 0) is 33.4 Å². The standard InChI is InChI=1S/C20H16N/c1-21-12-11-16-13-19(15-7-3-2-4-8-15)17-9-5-6-10-18(17)20(16)14-21/h2-14H,1H3/q+1. The van der Waals surface area contributed by atoms with Crippen LogP contribution in [0.5, 0.6) is 0 Å². The third-order valence-corrected chi connectivity index (χ3v) is 4.03. The second-order valence-electron chi connectivity index (χ2n) is 5.45. The molecule has 0 aliphatic heterocycles. The fraction of sp³-hybridized carbons (Fsp3) is 0.0500. The van der Waals surface area contributed by atoms with Crippen molar-refractivity contribution in [1.82, 2.24) is 0 Å². The Hall–Kier alpha value is -2.67. The van der Waals surface area contributed by atoms with Gasteiger partial charge in [0.15, 0.2) is 12.4 Å². The molecule has 1 aromatic heterocycles. The topological polar surface area (TPSA) is 3.88 Å². The highest BCUT2D eigenvalue weighted by atomic mass is 14.9. The number of hydrogen-bond donors (Lipinski definition) is 0. The first-order chi connectivity index (χ1) is 10.3. The number of rotatable bonds is 1. The maximum Gasteiger partial charge on any atom is 0.177 e. The summed E-state index contributed by atoms with van der Waals surface area (Å²) in [5.74, 6) is 0. The Labute approximate surface area is 124 Å². The number of nitrogens with zero attached hydrogens (tertiary/aromatic N) is 1. The van der Waals surface area contributed by atoms with E-state index < -0.39 is 0 Å². The molecule has 0 saturated heterocycles. The molecule has 0 bridgehead atoms. The van der Waals surface area contributed by atoms with Crippen LogP contribution in [0.2, 0.25) is 0 Å². The number of benzene rings is 3. The molecular formula is C20H16N+. The molecule has 0 atom stereocenters. The van der Waals surface area contributed by atoms with Crippen molar-refractivity contribution in [1.29, 1.82) is 0 Å². The molecule has 100 valence electrons. The van der Waals surface area contributed by atoms with E-state index >= 15 is 0 Å². The maximum atomic E-state index is 2.30. The second kappa shape index (κ2) is 4.71. The van der Waals surface area contributed by atoms with E-state index in [0.29, 0.717) is 0 Å². The van der Waals surface area contributed by atoms with Crippen molar-refractivity contribution in [2.75, 3.05) is 0 Å². The van der Waals surface area contributed by atoms with Gasteiger partial charge in [0, 0.05) is 6.07 Å². The van der Waals surface area contributed by atoms with Crippen molar-refractivity contribution in [2.24, 2.45) is 7.05 Å². The van der Waals surface area contributed by atoms with Crippen LogP contribution in [0.1, 0.15) is 0 Å². The molecule has 1 nitrogen and oxygen atoms in total. The zero-order valence-corrected chi connectivity index (χ0v) is 12.0. The van der Waals surface area contributed by atoms with Crippen LogP contribution in [-0.2, 0) is 7.05 Å². The quantitative estimate of drug-likeness (QED) is 0.354. The first-order valence-electron chi connectivity index (χ1n) is 7.19.